The van der Waals surface area contributed by atoms with Gasteiger partial charge in [0.2, 0.25) is 5.91 Å². The van der Waals surface area contributed by atoms with Crippen molar-refractivity contribution in [3.05, 3.63) is 35.6 Å². The molecule has 0 bridgehead atoms. The van der Waals surface area contributed by atoms with E-state index < -0.39 is 0 Å². The fourth-order valence-electron chi connectivity index (χ4n) is 1.69. The topological polar surface area (TPSA) is 55.1 Å². The zero-order chi connectivity index (χ0) is 11.6. The van der Waals surface area contributed by atoms with Gasteiger partial charge < -0.3 is 11.1 Å². The summed E-state index contributed by atoms with van der Waals surface area (Å²) in [7, 11) is 0. The Kier molecular flexibility index (Phi) is 2.92. The molecule has 3 nitrogen and oxygen atoms in total. The molecule has 1 amide bonds. The fraction of sp³-hybridized carbons (Fsp3) is 0.417. The van der Waals surface area contributed by atoms with Crippen molar-refractivity contribution < 1.29 is 9.18 Å². The average Bonchev–Trinajstić information content (AvgIpc) is 3.02. The monoisotopic (exact) mass is 222 g/mol. The smallest absolute Gasteiger partial charge is 0.225 e. The molecule has 0 unspecified atom stereocenters. The van der Waals surface area contributed by atoms with Crippen LogP contribution in [0.15, 0.2) is 24.3 Å². The Hall–Kier alpha value is -1.42. The zero-order valence-corrected chi connectivity index (χ0v) is 9.00. The van der Waals surface area contributed by atoms with Gasteiger partial charge in [0.15, 0.2) is 0 Å². The van der Waals surface area contributed by atoms with Crippen LogP contribution in [-0.2, 0) is 11.2 Å². The van der Waals surface area contributed by atoms with E-state index in [2.05, 4.69) is 5.32 Å². The van der Waals surface area contributed by atoms with E-state index in [-0.39, 0.29) is 23.7 Å². The molecule has 1 aliphatic rings. The standard InChI is InChI=1S/C12H15FN2O/c13-10-4-2-1-3-9(10)7-11(16)15-12(8-14)5-6-12/h1-4H,5-8,14H2,(H,15,16). The van der Waals surface area contributed by atoms with Crippen LogP contribution in [0.1, 0.15) is 18.4 Å². The second-order valence-corrected chi connectivity index (χ2v) is 4.30. The summed E-state index contributed by atoms with van der Waals surface area (Å²) in [5.74, 6) is -0.497. The van der Waals surface area contributed by atoms with Crippen LogP contribution in [0.2, 0.25) is 0 Å². The van der Waals surface area contributed by atoms with Crippen molar-refractivity contribution >= 4 is 5.91 Å². The molecule has 1 fully saturated rings. The van der Waals surface area contributed by atoms with Crippen molar-refractivity contribution in [2.45, 2.75) is 24.8 Å². The first-order valence-electron chi connectivity index (χ1n) is 5.40. The Morgan fingerprint density at radius 2 is 2.12 bits per heavy atom. The van der Waals surface area contributed by atoms with E-state index in [1.54, 1.807) is 18.2 Å². The molecular formula is C12H15FN2O. The Labute approximate surface area is 93.8 Å². The second kappa shape index (κ2) is 4.22. The zero-order valence-electron chi connectivity index (χ0n) is 9.00. The summed E-state index contributed by atoms with van der Waals surface area (Å²) in [4.78, 5) is 11.6. The summed E-state index contributed by atoms with van der Waals surface area (Å²) >= 11 is 0. The third kappa shape index (κ3) is 2.39. The van der Waals surface area contributed by atoms with Gasteiger partial charge in [-0.1, -0.05) is 18.2 Å². The van der Waals surface area contributed by atoms with Crippen LogP contribution in [0.25, 0.3) is 0 Å². The minimum atomic E-state index is -0.338. The van der Waals surface area contributed by atoms with E-state index in [4.69, 9.17) is 5.73 Å². The van der Waals surface area contributed by atoms with Gasteiger partial charge in [-0.2, -0.15) is 0 Å². The Morgan fingerprint density at radius 3 is 2.69 bits per heavy atom. The molecule has 0 spiro atoms. The lowest BCUT2D eigenvalue weighted by Crippen LogP contribution is -2.43. The van der Waals surface area contributed by atoms with Crippen molar-refractivity contribution in [2.75, 3.05) is 6.54 Å². The number of benzene rings is 1. The molecule has 86 valence electrons. The summed E-state index contributed by atoms with van der Waals surface area (Å²) in [5.41, 5.74) is 5.77. The number of halogens is 1. The van der Waals surface area contributed by atoms with Crippen molar-refractivity contribution in [2.24, 2.45) is 5.73 Å². The minimum absolute atomic E-state index is 0.0778. The molecule has 0 radical (unpaired) electrons. The van der Waals surface area contributed by atoms with Gasteiger partial charge in [-0.3, -0.25) is 4.79 Å². The molecule has 0 atom stereocenters. The number of nitrogens with two attached hydrogens (primary N) is 1. The highest BCUT2D eigenvalue weighted by Crippen LogP contribution is 2.33. The molecule has 0 aromatic heterocycles. The highest BCUT2D eigenvalue weighted by atomic mass is 19.1. The summed E-state index contributed by atoms with van der Waals surface area (Å²) < 4.78 is 13.3. The number of carbonyl (C=O) groups is 1. The molecule has 2 rings (SSSR count). The van der Waals surface area contributed by atoms with Crippen LogP contribution in [0, 0.1) is 5.82 Å². The van der Waals surface area contributed by atoms with Crippen LogP contribution in [0.4, 0.5) is 4.39 Å². The molecule has 0 heterocycles. The normalized spacial score (nSPS) is 16.9. The molecule has 1 aromatic carbocycles. The van der Waals surface area contributed by atoms with Gasteiger partial charge in [0.05, 0.1) is 12.0 Å². The van der Waals surface area contributed by atoms with Gasteiger partial charge in [-0.15, -0.1) is 0 Å². The van der Waals surface area contributed by atoms with Gasteiger partial charge in [-0.05, 0) is 24.5 Å². The third-order valence-corrected chi connectivity index (χ3v) is 2.96. The van der Waals surface area contributed by atoms with E-state index in [1.165, 1.54) is 6.07 Å². The Bertz CT molecular complexity index is 402. The predicted molar refractivity (Wildman–Crippen MR) is 59.3 cm³/mol. The van der Waals surface area contributed by atoms with Crippen molar-refractivity contribution in [1.29, 1.82) is 0 Å². The number of rotatable bonds is 4. The van der Waals surface area contributed by atoms with E-state index in [1.807, 2.05) is 0 Å². The third-order valence-electron chi connectivity index (χ3n) is 2.96. The van der Waals surface area contributed by atoms with Crippen LogP contribution >= 0.6 is 0 Å². The molecular weight excluding hydrogens is 207 g/mol. The van der Waals surface area contributed by atoms with E-state index in [0.29, 0.717) is 12.1 Å². The first-order valence-corrected chi connectivity index (χ1v) is 5.40. The van der Waals surface area contributed by atoms with Gasteiger partial charge in [0, 0.05) is 6.54 Å². The molecule has 1 aliphatic carbocycles. The van der Waals surface area contributed by atoms with Crippen LogP contribution < -0.4 is 11.1 Å². The first kappa shape index (κ1) is 11.1. The summed E-state index contributed by atoms with van der Waals surface area (Å²) in [6.45, 7) is 0.454. The molecule has 1 aromatic rings. The highest BCUT2D eigenvalue weighted by Gasteiger charge is 2.42. The van der Waals surface area contributed by atoms with Crippen LogP contribution in [0.3, 0.4) is 0 Å². The van der Waals surface area contributed by atoms with Gasteiger partial charge >= 0.3 is 0 Å². The summed E-state index contributed by atoms with van der Waals surface area (Å²) in [6, 6.07) is 6.32. The molecule has 3 N–H and O–H groups in total. The van der Waals surface area contributed by atoms with Crippen LogP contribution in [0.5, 0.6) is 0 Å². The lowest BCUT2D eigenvalue weighted by molar-refractivity contribution is -0.121. The SMILES string of the molecule is NCC1(NC(=O)Cc2ccccc2F)CC1. The molecule has 0 saturated heterocycles. The van der Waals surface area contributed by atoms with Gasteiger partial charge in [0.1, 0.15) is 5.82 Å². The number of hydrogen-bond acceptors (Lipinski definition) is 2. The van der Waals surface area contributed by atoms with Crippen molar-refractivity contribution in [3.8, 4) is 0 Å². The molecule has 16 heavy (non-hydrogen) atoms. The van der Waals surface area contributed by atoms with E-state index in [0.717, 1.165) is 12.8 Å². The lowest BCUT2D eigenvalue weighted by atomic mass is 10.1. The number of carbonyl (C=O) groups excluding carboxylic acids is 1. The maximum Gasteiger partial charge on any atom is 0.225 e. The first-order chi connectivity index (χ1) is 7.65. The van der Waals surface area contributed by atoms with Gasteiger partial charge in [0.25, 0.3) is 0 Å². The lowest BCUT2D eigenvalue weighted by Gasteiger charge is -2.14. The number of amides is 1. The highest BCUT2D eigenvalue weighted by molar-refractivity contribution is 5.79. The molecule has 1 saturated carbocycles. The Balaban J connectivity index is 1.95. The summed E-state index contributed by atoms with van der Waals surface area (Å²) in [6.07, 6.45) is 1.92. The van der Waals surface area contributed by atoms with E-state index >= 15 is 0 Å². The largest absolute Gasteiger partial charge is 0.349 e. The van der Waals surface area contributed by atoms with Crippen LogP contribution in [-0.4, -0.2) is 18.0 Å². The summed E-state index contributed by atoms with van der Waals surface area (Å²) in [5, 5.41) is 2.86. The minimum Gasteiger partial charge on any atom is -0.349 e. The number of hydrogen-bond donors (Lipinski definition) is 2. The molecule has 4 heteroatoms. The van der Waals surface area contributed by atoms with E-state index in [9.17, 15) is 9.18 Å². The number of nitrogens with one attached hydrogen (secondary N) is 1. The fourth-order valence-corrected chi connectivity index (χ4v) is 1.69. The van der Waals surface area contributed by atoms with Crippen molar-refractivity contribution in [1.82, 2.24) is 5.32 Å². The maximum absolute atomic E-state index is 13.3. The second-order valence-electron chi connectivity index (χ2n) is 4.30. The van der Waals surface area contributed by atoms with Crippen molar-refractivity contribution in [3.63, 3.8) is 0 Å². The van der Waals surface area contributed by atoms with Gasteiger partial charge in [-0.25, -0.2) is 4.39 Å². The predicted octanol–water partition coefficient (Wildman–Crippen LogP) is 0.976. The molecule has 0 aliphatic heterocycles. The maximum atomic E-state index is 13.3. The Morgan fingerprint density at radius 1 is 1.44 bits per heavy atom. The quantitative estimate of drug-likeness (QED) is 0.797. The average molecular weight is 222 g/mol.